The summed E-state index contributed by atoms with van der Waals surface area (Å²) in [6, 6.07) is 13.5. The van der Waals surface area contributed by atoms with E-state index in [-0.39, 0.29) is 0 Å². The third kappa shape index (κ3) is 3.47. The molecular weight excluding hydrogens is 330 g/mol. The van der Waals surface area contributed by atoms with Gasteiger partial charge in [0.05, 0.1) is 24.0 Å². The topological polar surface area (TPSA) is 62.3 Å². The quantitative estimate of drug-likeness (QED) is 0.860. The Bertz CT molecular complexity index is 694. The highest BCUT2D eigenvalue weighted by Crippen LogP contribution is 2.27. The van der Waals surface area contributed by atoms with Gasteiger partial charge < -0.3 is 15.4 Å². The molecule has 0 saturated carbocycles. The van der Waals surface area contributed by atoms with E-state index in [1.807, 2.05) is 48.3 Å². The van der Waals surface area contributed by atoms with Crippen molar-refractivity contribution in [3.63, 3.8) is 0 Å². The highest BCUT2D eigenvalue weighted by molar-refractivity contribution is 9.10. The highest BCUT2D eigenvalue weighted by Gasteiger charge is 2.09. The van der Waals surface area contributed by atoms with E-state index in [1.165, 1.54) is 0 Å². The van der Waals surface area contributed by atoms with Gasteiger partial charge in [0.2, 0.25) is 0 Å². The van der Waals surface area contributed by atoms with E-state index < -0.39 is 0 Å². The number of nitrogens with two attached hydrogens (primary N) is 1. The summed E-state index contributed by atoms with van der Waals surface area (Å²) in [6.45, 7) is 0.657. The number of rotatable bonds is 4. The first-order valence-corrected chi connectivity index (χ1v) is 7.17. The molecule has 0 aliphatic rings. The van der Waals surface area contributed by atoms with E-state index in [9.17, 15) is 0 Å². The molecule has 0 spiro atoms. The van der Waals surface area contributed by atoms with E-state index in [0.717, 1.165) is 15.7 Å². The lowest BCUT2D eigenvalue weighted by Gasteiger charge is -2.21. The second-order valence-electron chi connectivity index (χ2n) is 4.71. The van der Waals surface area contributed by atoms with Gasteiger partial charge in [-0.3, -0.25) is 0 Å². The maximum absolute atomic E-state index is 9.13. The van der Waals surface area contributed by atoms with E-state index in [2.05, 4.69) is 22.0 Å². The number of nitrogens with zero attached hydrogens (tertiary/aromatic N) is 2. The summed E-state index contributed by atoms with van der Waals surface area (Å²) in [5.41, 5.74) is 9.25. The second kappa shape index (κ2) is 6.51. The van der Waals surface area contributed by atoms with Gasteiger partial charge in [0.15, 0.2) is 0 Å². The SMILES string of the molecule is COc1ccc(CN(C)c2ccc(Br)cc2N)cc1C#N. The lowest BCUT2D eigenvalue weighted by molar-refractivity contribution is 0.413. The second-order valence-corrected chi connectivity index (χ2v) is 5.62. The number of methoxy groups -OCH3 is 1. The molecule has 2 N–H and O–H groups in total. The first-order valence-electron chi connectivity index (χ1n) is 6.38. The number of anilines is 2. The van der Waals surface area contributed by atoms with Gasteiger partial charge in [-0.05, 0) is 35.9 Å². The molecule has 4 nitrogen and oxygen atoms in total. The molecule has 2 rings (SSSR count). The van der Waals surface area contributed by atoms with Crippen molar-refractivity contribution >= 4 is 27.3 Å². The van der Waals surface area contributed by atoms with Crippen LogP contribution in [0.2, 0.25) is 0 Å². The fraction of sp³-hybridized carbons (Fsp3) is 0.188. The van der Waals surface area contributed by atoms with Crippen LogP contribution in [0.4, 0.5) is 11.4 Å². The van der Waals surface area contributed by atoms with Crippen molar-refractivity contribution in [2.45, 2.75) is 6.54 Å². The zero-order chi connectivity index (χ0) is 15.4. The summed E-state index contributed by atoms with van der Waals surface area (Å²) >= 11 is 3.40. The van der Waals surface area contributed by atoms with E-state index in [1.54, 1.807) is 7.11 Å². The molecule has 108 valence electrons. The standard InChI is InChI=1S/C16H16BrN3O/c1-20(15-5-4-13(17)8-14(15)19)10-11-3-6-16(21-2)12(7-11)9-18/h3-8H,10,19H2,1-2H3. The Hall–Kier alpha value is -2.19. The first-order chi connectivity index (χ1) is 10.0. The van der Waals surface area contributed by atoms with Gasteiger partial charge in [-0.25, -0.2) is 0 Å². The van der Waals surface area contributed by atoms with Gasteiger partial charge in [0, 0.05) is 18.1 Å². The fourth-order valence-corrected chi connectivity index (χ4v) is 2.55. The predicted octanol–water partition coefficient (Wildman–Crippen LogP) is 3.55. The average Bonchev–Trinajstić information content (AvgIpc) is 2.46. The fourth-order valence-electron chi connectivity index (χ4n) is 2.17. The van der Waals surface area contributed by atoms with Crippen molar-refractivity contribution < 1.29 is 4.74 Å². The van der Waals surface area contributed by atoms with Crippen molar-refractivity contribution in [1.29, 1.82) is 5.26 Å². The van der Waals surface area contributed by atoms with Gasteiger partial charge in [-0.15, -0.1) is 0 Å². The molecule has 0 aliphatic heterocycles. The summed E-state index contributed by atoms with van der Waals surface area (Å²) < 4.78 is 6.10. The predicted molar refractivity (Wildman–Crippen MR) is 88.4 cm³/mol. The van der Waals surface area contributed by atoms with Crippen LogP contribution in [0, 0.1) is 11.3 Å². The minimum Gasteiger partial charge on any atom is -0.495 e. The number of hydrogen-bond donors (Lipinski definition) is 1. The minimum absolute atomic E-state index is 0.534. The Morgan fingerprint density at radius 1 is 1.29 bits per heavy atom. The lowest BCUT2D eigenvalue weighted by atomic mass is 10.1. The molecule has 0 amide bonds. The normalized spacial score (nSPS) is 10.0. The molecule has 0 fully saturated rings. The largest absolute Gasteiger partial charge is 0.495 e. The van der Waals surface area contributed by atoms with Crippen molar-refractivity contribution in [3.8, 4) is 11.8 Å². The molecule has 0 bridgehead atoms. The molecule has 0 radical (unpaired) electrons. The molecule has 0 heterocycles. The Morgan fingerprint density at radius 3 is 2.67 bits per heavy atom. The minimum atomic E-state index is 0.534. The molecule has 0 atom stereocenters. The van der Waals surface area contributed by atoms with E-state index in [4.69, 9.17) is 15.7 Å². The highest BCUT2D eigenvalue weighted by atomic mass is 79.9. The van der Waals surface area contributed by atoms with Gasteiger partial charge in [0.25, 0.3) is 0 Å². The molecule has 5 heteroatoms. The molecule has 2 aromatic carbocycles. The molecule has 0 aromatic heterocycles. The number of halogens is 1. The van der Waals surface area contributed by atoms with Crippen LogP contribution in [0.15, 0.2) is 40.9 Å². The summed E-state index contributed by atoms with van der Waals surface area (Å²) in [5, 5.41) is 9.13. The van der Waals surface area contributed by atoms with Crippen molar-refractivity contribution in [1.82, 2.24) is 0 Å². The van der Waals surface area contributed by atoms with Crippen LogP contribution in [-0.4, -0.2) is 14.2 Å². The summed E-state index contributed by atoms with van der Waals surface area (Å²) in [5.74, 6) is 0.590. The van der Waals surface area contributed by atoms with Crippen LogP contribution in [0.1, 0.15) is 11.1 Å². The van der Waals surface area contributed by atoms with Crippen LogP contribution >= 0.6 is 15.9 Å². The zero-order valence-corrected chi connectivity index (χ0v) is 13.5. The number of ether oxygens (including phenoxy) is 1. The smallest absolute Gasteiger partial charge is 0.136 e. The van der Waals surface area contributed by atoms with E-state index >= 15 is 0 Å². The number of benzene rings is 2. The molecule has 0 saturated heterocycles. The van der Waals surface area contributed by atoms with Crippen molar-refractivity contribution in [2.24, 2.45) is 0 Å². The van der Waals surface area contributed by atoms with Crippen molar-refractivity contribution in [2.75, 3.05) is 24.8 Å². The van der Waals surface area contributed by atoms with Gasteiger partial charge in [-0.1, -0.05) is 22.0 Å². The Morgan fingerprint density at radius 2 is 2.05 bits per heavy atom. The summed E-state index contributed by atoms with van der Waals surface area (Å²) in [7, 11) is 3.53. The maximum atomic E-state index is 9.13. The Kier molecular flexibility index (Phi) is 4.71. The van der Waals surface area contributed by atoms with E-state index in [0.29, 0.717) is 23.5 Å². The van der Waals surface area contributed by atoms with Gasteiger partial charge in [-0.2, -0.15) is 5.26 Å². The monoisotopic (exact) mass is 345 g/mol. The molecule has 21 heavy (non-hydrogen) atoms. The third-order valence-corrected chi connectivity index (χ3v) is 3.70. The number of hydrogen-bond acceptors (Lipinski definition) is 4. The molecule has 0 unspecified atom stereocenters. The summed E-state index contributed by atoms with van der Waals surface area (Å²) in [6.07, 6.45) is 0. The number of nitriles is 1. The third-order valence-electron chi connectivity index (χ3n) is 3.20. The number of nitrogen functional groups attached to an aromatic ring is 1. The first kappa shape index (κ1) is 15.2. The average molecular weight is 346 g/mol. The summed E-state index contributed by atoms with van der Waals surface area (Å²) in [4.78, 5) is 2.05. The van der Waals surface area contributed by atoms with Gasteiger partial charge >= 0.3 is 0 Å². The van der Waals surface area contributed by atoms with Gasteiger partial charge in [0.1, 0.15) is 11.8 Å². The molecule has 2 aromatic rings. The zero-order valence-electron chi connectivity index (χ0n) is 11.9. The maximum Gasteiger partial charge on any atom is 0.136 e. The Labute approximate surface area is 132 Å². The van der Waals surface area contributed by atoms with Crippen LogP contribution in [0.5, 0.6) is 5.75 Å². The van der Waals surface area contributed by atoms with Crippen LogP contribution in [-0.2, 0) is 6.54 Å². The van der Waals surface area contributed by atoms with Crippen molar-refractivity contribution in [3.05, 3.63) is 52.0 Å². The lowest BCUT2D eigenvalue weighted by Crippen LogP contribution is -2.17. The molecule has 0 aliphatic carbocycles. The van der Waals surface area contributed by atoms with Crippen LogP contribution in [0.25, 0.3) is 0 Å². The van der Waals surface area contributed by atoms with Crippen LogP contribution < -0.4 is 15.4 Å². The molecular formula is C16H16BrN3O. The Balaban J connectivity index is 2.23. The van der Waals surface area contributed by atoms with Crippen LogP contribution in [0.3, 0.4) is 0 Å².